The molecule has 1 fully saturated rings. The summed E-state index contributed by atoms with van der Waals surface area (Å²) in [5.41, 5.74) is 2.42. The summed E-state index contributed by atoms with van der Waals surface area (Å²) in [4.78, 5) is 13.0. The minimum absolute atomic E-state index is 0.448. The Morgan fingerprint density at radius 2 is 2.25 bits per heavy atom. The first-order chi connectivity index (χ1) is 11.6. The van der Waals surface area contributed by atoms with Gasteiger partial charge >= 0.3 is 0 Å². The molecule has 0 unspecified atom stereocenters. The molecule has 0 amide bonds. The second-order valence-corrected chi connectivity index (χ2v) is 7.46. The van der Waals surface area contributed by atoms with Crippen molar-refractivity contribution in [2.75, 3.05) is 11.6 Å². The Bertz CT molecular complexity index is 783. The van der Waals surface area contributed by atoms with Gasteiger partial charge in [-0.15, -0.1) is 11.8 Å². The molecule has 0 saturated carbocycles. The number of aliphatic hydroxyl groups is 2. The summed E-state index contributed by atoms with van der Waals surface area (Å²) in [5, 5.41) is 26.3. The average Bonchev–Trinajstić information content (AvgIpc) is 3.30. The monoisotopic (exact) mass is 367 g/mol. The minimum atomic E-state index is -1.02. The smallest absolute Gasteiger partial charge is 0.166 e. The lowest BCUT2D eigenvalue weighted by Gasteiger charge is -2.16. The average molecular weight is 367 g/mol. The van der Waals surface area contributed by atoms with Crippen LogP contribution in [0.2, 0.25) is 0 Å². The van der Waals surface area contributed by atoms with Crippen LogP contribution in [0.15, 0.2) is 28.8 Å². The van der Waals surface area contributed by atoms with Crippen molar-refractivity contribution in [2.45, 2.75) is 36.5 Å². The molecule has 10 heteroatoms. The molecule has 0 radical (unpaired) electrons. The fourth-order valence-corrected chi connectivity index (χ4v) is 4.43. The third-order valence-electron chi connectivity index (χ3n) is 4.05. The maximum absolute atomic E-state index is 10.2. The lowest BCUT2D eigenvalue weighted by atomic mass is 10.1. The minimum Gasteiger partial charge on any atom is -0.388 e. The highest BCUT2D eigenvalue weighted by atomic mass is 32.2. The number of hydrogen-bond donors (Lipinski definition) is 3. The second kappa shape index (κ2) is 6.52. The highest BCUT2D eigenvalue weighted by Gasteiger charge is 2.42. The van der Waals surface area contributed by atoms with Crippen molar-refractivity contribution < 1.29 is 14.9 Å². The SMILES string of the molecule is C[C@H]1O[C@@H](n2cnc3c(SCC4=CSCN4)ncnc32)[C@H](O)[C@@H]1O. The Hall–Kier alpha value is -1.33. The Labute approximate surface area is 146 Å². The van der Waals surface area contributed by atoms with E-state index in [4.69, 9.17) is 4.74 Å². The van der Waals surface area contributed by atoms with Crippen LogP contribution in [0.3, 0.4) is 0 Å². The molecule has 2 aliphatic rings. The van der Waals surface area contributed by atoms with Crippen LogP contribution in [0.25, 0.3) is 11.2 Å². The van der Waals surface area contributed by atoms with E-state index in [1.165, 1.54) is 12.0 Å². The molecule has 0 bridgehead atoms. The summed E-state index contributed by atoms with van der Waals surface area (Å²) in [6.07, 6.45) is -0.0473. The molecule has 8 nitrogen and oxygen atoms in total. The van der Waals surface area contributed by atoms with Gasteiger partial charge in [0.2, 0.25) is 0 Å². The molecule has 2 aromatic heterocycles. The van der Waals surface area contributed by atoms with Gasteiger partial charge in [-0.3, -0.25) is 4.57 Å². The predicted octanol–water partition coefficient (Wildman–Crippen LogP) is 0.693. The molecule has 1 saturated heterocycles. The lowest BCUT2D eigenvalue weighted by molar-refractivity contribution is -0.0299. The Morgan fingerprint density at radius 1 is 1.38 bits per heavy atom. The van der Waals surface area contributed by atoms with E-state index >= 15 is 0 Å². The van der Waals surface area contributed by atoms with Crippen molar-refractivity contribution in [3.05, 3.63) is 23.8 Å². The van der Waals surface area contributed by atoms with Crippen LogP contribution >= 0.6 is 23.5 Å². The van der Waals surface area contributed by atoms with Gasteiger partial charge in [0.1, 0.15) is 29.1 Å². The Morgan fingerprint density at radius 3 is 2.96 bits per heavy atom. The highest BCUT2D eigenvalue weighted by Crippen LogP contribution is 2.33. The van der Waals surface area contributed by atoms with E-state index in [0.717, 1.165) is 16.7 Å². The maximum Gasteiger partial charge on any atom is 0.166 e. The van der Waals surface area contributed by atoms with Crippen LogP contribution in [-0.4, -0.2) is 59.7 Å². The topological polar surface area (TPSA) is 105 Å². The molecule has 0 aromatic carbocycles. The Balaban J connectivity index is 1.61. The van der Waals surface area contributed by atoms with Gasteiger partial charge < -0.3 is 20.3 Å². The van der Waals surface area contributed by atoms with Gasteiger partial charge in [-0.25, -0.2) is 15.0 Å². The van der Waals surface area contributed by atoms with Crippen molar-refractivity contribution in [1.82, 2.24) is 24.8 Å². The van der Waals surface area contributed by atoms with Crippen LogP contribution in [-0.2, 0) is 4.74 Å². The van der Waals surface area contributed by atoms with Gasteiger partial charge in [-0.1, -0.05) is 11.8 Å². The highest BCUT2D eigenvalue weighted by molar-refractivity contribution is 8.02. The van der Waals surface area contributed by atoms with E-state index in [1.54, 1.807) is 41.3 Å². The van der Waals surface area contributed by atoms with Gasteiger partial charge in [0.25, 0.3) is 0 Å². The summed E-state index contributed by atoms with van der Waals surface area (Å²) >= 11 is 3.32. The van der Waals surface area contributed by atoms with Gasteiger partial charge in [-0.2, -0.15) is 0 Å². The molecule has 0 spiro atoms. The summed E-state index contributed by atoms with van der Waals surface area (Å²) in [6, 6.07) is 0. The lowest BCUT2D eigenvalue weighted by Crippen LogP contribution is -2.30. The number of ether oxygens (including phenoxy) is 1. The summed E-state index contributed by atoms with van der Waals surface area (Å²) < 4.78 is 7.31. The van der Waals surface area contributed by atoms with Gasteiger partial charge in [-0.05, 0) is 12.3 Å². The predicted molar refractivity (Wildman–Crippen MR) is 91.3 cm³/mol. The van der Waals surface area contributed by atoms with Crippen molar-refractivity contribution in [1.29, 1.82) is 0 Å². The number of rotatable bonds is 4. The first kappa shape index (κ1) is 16.2. The molecule has 0 aliphatic carbocycles. The molecule has 24 heavy (non-hydrogen) atoms. The van der Waals surface area contributed by atoms with E-state index in [9.17, 15) is 10.2 Å². The quantitative estimate of drug-likeness (QED) is 0.532. The number of aliphatic hydroxyl groups excluding tert-OH is 2. The fraction of sp³-hybridized carbons (Fsp3) is 0.500. The zero-order valence-corrected chi connectivity index (χ0v) is 14.5. The maximum atomic E-state index is 10.2. The molecule has 3 N–H and O–H groups in total. The van der Waals surface area contributed by atoms with Crippen LogP contribution in [0, 0.1) is 0 Å². The third kappa shape index (κ3) is 2.78. The van der Waals surface area contributed by atoms with Crippen LogP contribution in [0.4, 0.5) is 0 Å². The zero-order valence-electron chi connectivity index (χ0n) is 12.9. The molecule has 2 aliphatic heterocycles. The first-order valence-electron chi connectivity index (χ1n) is 7.51. The van der Waals surface area contributed by atoms with E-state index in [1.807, 2.05) is 0 Å². The number of nitrogens with zero attached hydrogens (tertiary/aromatic N) is 4. The second-order valence-electron chi connectivity index (χ2n) is 5.64. The zero-order chi connectivity index (χ0) is 16.7. The van der Waals surface area contributed by atoms with E-state index in [2.05, 4.69) is 25.7 Å². The summed E-state index contributed by atoms with van der Waals surface area (Å²) in [6.45, 7) is 1.73. The normalized spacial score (nSPS) is 29.9. The van der Waals surface area contributed by atoms with Gasteiger partial charge in [0.15, 0.2) is 11.9 Å². The fourth-order valence-electron chi connectivity index (χ4n) is 2.73. The van der Waals surface area contributed by atoms with E-state index in [-0.39, 0.29) is 0 Å². The number of hydrogen-bond acceptors (Lipinski definition) is 9. The summed E-state index contributed by atoms with van der Waals surface area (Å²) in [5.74, 6) is 1.69. The number of thioether (sulfide) groups is 2. The van der Waals surface area contributed by atoms with Crippen LogP contribution in [0.5, 0.6) is 0 Å². The standard InChI is InChI=1S/C14H17N5O3S2/c1-7-10(20)11(21)14(22-7)19-5-17-9-12(19)15-4-16-13(9)24-3-8-2-23-6-18-8/h2,4-5,7,10-11,14,18,20-21H,3,6H2,1H3/t7-,10-,11-,14-/m1/s1. The molecular weight excluding hydrogens is 350 g/mol. The third-order valence-corrected chi connectivity index (χ3v) is 5.84. The van der Waals surface area contributed by atoms with Crippen molar-refractivity contribution >= 4 is 34.7 Å². The number of nitrogens with one attached hydrogen (secondary N) is 1. The number of aromatic nitrogens is 4. The molecule has 4 atom stereocenters. The molecule has 4 rings (SSSR count). The number of fused-ring (bicyclic) bond motifs is 1. The van der Waals surface area contributed by atoms with Crippen molar-refractivity contribution in [3.63, 3.8) is 0 Å². The summed E-state index contributed by atoms with van der Waals surface area (Å²) in [7, 11) is 0. The molecule has 2 aromatic rings. The Kier molecular flexibility index (Phi) is 4.39. The largest absolute Gasteiger partial charge is 0.388 e. The molecular formula is C14H17N5O3S2. The van der Waals surface area contributed by atoms with Crippen LogP contribution < -0.4 is 5.32 Å². The van der Waals surface area contributed by atoms with E-state index in [0.29, 0.717) is 11.2 Å². The molecule has 128 valence electrons. The van der Waals surface area contributed by atoms with Gasteiger partial charge in [0, 0.05) is 11.4 Å². The van der Waals surface area contributed by atoms with E-state index < -0.39 is 24.5 Å². The van der Waals surface area contributed by atoms with Crippen molar-refractivity contribution in [3.8, 4) is 0 Å². The number of imidazole rings is 1. The molecule has 4 heterocycles. The van der Waals surface area contributed by atoms with Gasteiger partial charge in [0.05, 0.1) is 18.3 Å². The van der Waals surface area contributed by atoms with Crippen molar-refractivity contribution in [2.24, 2.45) is 0 Å². The van der Waals surface area contributed by atoms with Crippen LogP contribution in [0.1, 0.15) is 13.2 Å². The first-order valence-corrected chi connectivity index (χ1v) is 9.55.